The van der Waals surface area contributed by atoms with E-state index >= 15 is 0 Å². The highest BCUT2D eigenvalue weighted by Gasteiger charge is 2.27. The summed E-state index contributed by atoms with van der Waals surface area (Å²) < 4.78 is 5.84. The Morgan fingerprint density at radius 3 is 2.64 bits per heavy atom. The largest absolute Gasteiger partial charge is 0.403 e. The molecule has 4 N–H and O–H groups in total. The van der Waals surface area contributed by atoms with Crippen LogP contribution < -0.4 is 16.0 Å². The molecule has 0 aliphatic carbocycles. The quantitative estimate of drug-likeness (QED) is 0.230. The zero-order chi connectivity index (χ0) is 24.9. The van der Waals surface area contributed by atoms with Crippen LogP contribution in [-0.4, -0.2) is 40.7 Å². The topological polar surface area (TPSA) is 141 Å². The molecule has 10 heteroatoms. The molecule has 36 heavy (non-hydrogen) atoms. The van der Waals surface area contributed by atoms with Crippen molar-refractivity contribution >= 4 is 41.7 Å². The highest BCUT2D eigenvalue weighted by molar-refractivity contribution is 6.19. The van der Waals surface area contributed by atoms with E-state index in [2.05, 4.69) is 31.1 Å². The number of benzodiazepines with no additional fused rings is 1. The minimum absolute atomic E-state index is 0.0759. The number of para-hydroxylation sites is 1. The summed E-state index contributed by atoms with van der Waals surface area (Å²) in [4.78, 5) is 21.5. The number of benzene rings is 3. The monoisotopic (exact) mass is 478 g/mol. The summed E-state index contributed by atoms with van der Waals surface area (Å²) in [5.41, 5.74) is 5.50. The lowest BCUT2D eigenvalue weighted by molar-refractivity contribution is -0.116. The molecule has 0 radical (unpaired) electrons. The van der Waals surface area contributed by atoms with Crippen LogP contribution in [0.15, 0.2) is 87.2 Å². The lowest BCUT2D eigenvalue weighted by Crippen LogP contribution is -2.32. The van der Waals surface area contributed by atoms with Gasteiger partial charge in [0.1, 0.15) is 6.34 Å². The summed E-state index contributed by atoms with van der Waals surface area (Å²) in [6.45, 7) is 1.91. The van der Waals surface area contributed by atoms with Crippen molar-refractivity contribution in [1.29, 1.82) is 5.41 Å². The van der Waals surface area contributed by atoms with Crippen LogP contribution in [0.4, 0.5) is 17.4 Å². The van der Waals surface area contributed by atoms with Gasteiger partial charge >= 0.3 is 6.01 Å². The van der Waals surface area contributed by atoms with Gasteiger partial charge in [-0.2, -0.15) is 0 Å². The Bertz CT molecular complexity index is 1480. The molecular formula is C26H22N8O2. The van der Waals surface area contributed by atoms with Crippen LogP contribution in [0.25, 0.3) is 11.5 Å². The second kappa shape index (κ2) is 10.0. The van der Waals surface area contributed by atoms with Crippen LogP contribution in [0.1, 0.15) is 16.7 Å². The fourth-order valence-electron chi connectivity index (χ4n) is 3.83. The number of hydrogen-bond donors (Lipinski definition) is 4. The fourth-order valence-corrected chi connectivity index (χ4v) is 3.83. The zero-order valence-corrected chi connectivity index (χ0v) is 19.3. The molecule has 0 bridgehead atoms. The molecule has 0 spiro atoms. The lowest BCUT2D eigenvalue weighted by atomic mass is 10.0. The smallest absolute Gasteiger partial charge is 0.317 e. The summed E-state index contributed by atoms with van der Waals surface area (Å²) in [6, 6.07) is 22.9. The molecule has 4 aromatic rings. The van der Waals surface area contributed by atoms with Crippen molar-refractivity contribution in [2.45, 2.75) is 13.1 Å². The molecule has 1 unspecified atom stereocenters. The molecule has 5 rings (SSSR count). The number of aliphatic imine (C=N–C) groups is 2. The van der Waals surface area contributed by atoms with Crippen LogP contribution >= 0.6 is 0 Å². The third-order valence-corrected chi connectivity index (χ3v) is 5.52. The minimum atomic E-state index is -0.985. The number of carbonyl (C=O) groups excluding carboxylic acids is 1. The lowest BCUT2D eigenvalue weighted by Gasteiger charge is -2.11. The van der Waals surface area contributed by atoms with Crippen LogP contribution in [0.3, 0.4) is 0 Å². The number of aryl methyl sites for hydroxylation is 1. The fraction of sp³-hybridized carbons (Fsp3) is 0.0769. The Morgan fingerprint density at radius 2 is 1.83 bits per heavy atom. The second-order valence-electron chi connectivity index (χ2n) is 7.92. The van der Waals surface area contributed by atoms with Crippen LogP contribution in [0.5, 0.6) is 0 Å². The number of aromatic nitrogens is 2. The molecule has 1 aliphatic heterocycles. The van der Waals surface area contributed by atoms with Gasteiger partial charge in [-0.15, -0.1) is 5.10 Å². The number of fused-ring (bicyclic) bond motifs is 1. The third-order valence-electron chi connectivity index (χ3n) is 5.52. The van der Waals surface area contributed by atoms with Gasteiger partial charge in [0.2, 0.25) is 12.1 Å². The van der Waals surface area contributed by atoms with E-state index in [1.54, 1.807) is 0 Å². The van der Waals surface area contributed by atoms with E-state index in [4.69, 9.17) is 14.8 Å². The molecule has 3 aromatic carbocycles. The number of anilines is 3. The first-order valence-electron chi connectivity index (χ1n) is 11.1. The van der Waals surface area contributed by atoms with Crippen molar-refractivity contribution in [2.75, 3.05) is 16.0 Å². The first kappa shape index (κ1) is 22.7. The van der Waals surface area contributed by atoms with Gasteiger partial charge in [-0.25, -0.2) is 9.98 Å². The number of nitrogens with zero attached hydrogens (tertiary/aromatic N) is 4. The maximum atomic E-state index is 13.0. The SMILES string of the molecule is Cc1cc(N/C=N\C=N)ccc1-c1nnc(NC2N=C(c3ccccc3)c3ccccc3NC2=O)o1. The van der Waals surface area contributed by atoms with Crippen LogP contribution in [0.2, 0.25) is 0 Å². The normalized spacial score (nSPS) is 15.0. The van der Waals surface area contributed by atoms with E-state index < -0.39 is 6.17 Å². The van der Waals surface area contributed by atoms with Gasteiger partial charge < -0.3 is 20.4 Å². The summed E-state index contributed by atoms with van der Waals surface area (Å²) in [5.74, 6) is -0.0365. The molecule has 2 heterocycles. The highest BCUT2D eigenvalue weighted by atomic mass is 16.4. The molecule has 178 valence electrons. The van der Waals surface area contributed by atoms with Crippen molar-refractivity contribution in [3.8, 4) is 11.5 Å². The van der Waals surface area contributed by atoms with Crippen molar-refractivity contribution in [1.82, 2.24) is 10.2 Å². The molecule has 10 nitrogen and oxygen atoms in total. The van der Waals surface area contributed by atoms with Crippen molar-refractivity contribution in [3.63, 3.8) is 0 Å². The first-order valence-corrected chi connectivity index (χ1v) is 11.1. The molecule has 0 saturated carbocycles. The number of nitrogens with one attached hydrogen (secondary N) is 4. The number of hydrogen-bond acceptors (Lipinski definition) is 7. The summed E-state index contributed by atoms with van der Waals surface area (Å²) in [7, 11) is 0. The third kappa shape index (κ3) is 4.73. The average molecular weight is 479 g/mol. The van der Waals surface area contributed by atoms with Crippen molar-refractivity contribution < 1.29 is 9.21 Å². The van der Waals surface area contributed by atoms with Gasteiger partial charge in [0, 0.05) is 22.4 Å². The maximum absolute atomic E-state index is 13.0. The Balaban J connectivity index is 1.42. The number of rotatable bonds is 7. The molecule has 1 aliphatic rings. The number of amides is 1. The summed E-state index contributed by atoms with van der Waals surface area (Å²) in [6.07, 6.45) is 1.39. The molecule has 0 fully saturated rings. The van der Waals surface area contributed by atoms with Crippen molar-refractivity contribution in [2.24, 2.45) is 9.98 Å². The molecule has 0 saturated heterocycles. The summed E-state index contributed by atoms with van der Waals surface area (Å²) >= 11 is 0. The van der Waals surface area contributed by atoms with E-state index in [1.165, 1.54) is 6.34 Å². The van der Waals surface area contributed by atoms with Gasteiger partial charge in [-0.3, -0.25) is 10.2 Å². The molecule has 1 aromatic heterocycles. The van der Waals surface area contributed by atoms with E-state index in [-0.39, 0.29) is 11.9 Å². The van der Waals surface area contributed by atoms with E-state index in [9.17, 15) is 4.79 Å². The van der Waals surface area contributed by atoms with E-state index in [0.717, 1.165) is 34.3 Å². The Morgan fingerprint density at radius 1 is 1.03 bits per heavy atom. The zero-order valence-electron chi connectivity index (χ0n) is 19.3. The molecule has 1 atom stereocenters. The maximum Gasteiger partial charge on any atom is 0.317 e. The minimum Gasteiger partial charge on any atom is -0.403 e. The van der Waals surface area contributed by atoms with E-state index in [1.807, 2.05) is 79.7 Å². The average Bonchev–Trinajstić information content (AvgIpc) is 3.30. The molecular weight excluding hydrogens is 456 g/mol. The predicted molar refractivity (Wildman–Crippen MR) is 140 cm³/mol. The van der Waals surface area contributed by atoms with Gasteiger partial charge in [0.05, 0.1) is 17.7 Å². The first-order chi connectivity index (χ1) is 17.6. The Kier molecular flexibility index (Phi) is 6.31. The number of carbonyl (C=O) groups is 1. The Labute approximate surface area is 206 Å². The van der Waals surface area contributed by atoms with Gasteiger partial charge in [0.25, 0.3) is 5.91 Å². The van der Waals surface area contributed by atoms with Crippen molar-refractivity contribution in [3.05, 3.63) is 89.5 Å². The van der Waals surface area contributed by atoms with Gasteiger partial charge in [-0.1, -0.05) is 53.6 Å². The van der Waals surface area contributed by atoms with Gasteiger partial charge in [-0.05, 0) is 36.8 Å². The van der Waals surface area contributed by atoms with Gasteiger partial charge in [0.15, 0.2) is 0 Å². The van der Waals surface area contributed by atoms with Crippen LogP contribution in [-0.2, 0) is 4.79 Å². The Hall–Kier alpha value is -5.12. The highest BCUT2D eigenvalue weighted by Crippen LogP contribution is 2.28. The second-order valence-corrected chi connectivity index (χ2v) is 7.92. The van der Waals surface area contributed by atoms with Crippen LogP contribution in [0, 0.1) is 12.3 Å². The molecule has 1 amide bonds. The summed E-state index contributed by atoms with van der Waals surface area (Å²) in [5, 5.41) is 24.0. The standard InChI is InChI=1S/C26H22N8O2/c1-16-13-18(29-15-28-14-27)11-12-19(16)25-33-34-26(36-25)32-23-24(35)30-21-10-6-5-9-20(21)22(31-23)17-7-3-2-4-8-17/h2-15,23H,1H3,(H,30,35)(H,32,34)(H2,27,28,29). The predicted octanol–water partition coefficient (Wildman–Crippen LogP) is 4.32. The van der Waals surface area contributed by atoms with E-state index in [0.29, 0.717) is 17.3 Å².